The molecule has 0 bridgehead atoms. The molecule has 4 amide bonds. The molecule has 1 aliphatic rings. The van der Waals surface area contributed by atoms with Gasteiger partial charge < -0.3 is 9.30 Å². The fourth-order valence-electron chi connectivity index (χ4n) is 3.53. The standard InChI is InChI=1S/C25H21Cl2N3O4/c1-2-16-5-8-18(9-6-16)30-24(32)20(23(31)28-25(30)33)15-19-4-3-11-29(19)12-13-34-22-10-7-17(26)14-21(22)27/h3-11,14-15H,2,12-13H2,1H3,(H,28,31,33)/b20-15-. The summed E-state index contributed by atoms with van der Waals surface area (Å²) in [6.45, 7) is 2.74. The van der Waals surface area contributed by atoms with Crippen molar-refractivity contribution in [2.24, 2.45) is 0 Å². The van der Waals surface area contributed by atoms with Crippen LogP contribution >= 0.6 is 23.2 Å². The van der Waals surface area contributed by atoms with Crippen LogP contribution in [0.5, 0.6) is 5.75 Å². The molecule has 34 heavy (non-hydrogen) atoms. The summed E-state index contributed by atoms with van der Waals surface area (Å²) in [7, 11) is 0. The number of rotatable bonds is 7. The topological polar surface area (TPSA) is 80.6 Å². The van der Waals surface area contributed by atoms with Crippen molar-refractivity contribution in [3.05, 3.63) is 87.7 Å². The minimum atomic E-state index is -0.778. The molecule has 9 heteroatoms. The van der Waals surface area contributed by atoms with E-state index in [0.29, 0.717) is 40.3 Å². The van der Waals surface area contributed by atoms with Gasteiger partial charge in [-0.1, -0.05) is 42.3 Å². The highest BCUT2D eigenvalue weighted by molar-refractivity contribution is 6.39. The number of hydrogen-bond acceptors (Lipinski definition) is 4. The molecule has 1 aliphatic heterocycles. The van der Waals surface area contributed by atoms with Gasteiger partial charge in [0.05, 0.1) is 17.3 Å². The zero-order valence-corrected chi connectivity index (χ0v) is 19.8. The maximum absolute atomic E-state index is 13.1. The first kappa shape index (κ1) is 23.6. The Morgan fingerprint density at radius 3 is 2.50 bits per heavy atom. The fraction of sp³-hybridized carbons (Fsp3) is 0.160. The number of barbiturate groups is 1. The number of hydrogen-bond donors (Lipinski definition) is 1. The van der Waals surface area contributed by atoms with E-state index in [0.717, 1.165) is 16.9 Å². The third kappa shape index (κ3) is 5.00. The van der Waals surface area contributed by atoms with Gasteiger partial charge in [-0.2, -0.15) is 0 Å². The number of ether oxygens (including phenoxy) is 1. The lowest BCUT2D eigenvalue weighted by Crippen LogP contribution is -2.54. The van der Waals surface area contributed by atoms with Crippen LogP contribution in [0, 0.1) is 0 Å². The molecule has 0 unspecified atom stereocenters. The van der Waals surface area contributed by atoms with E-state index in [1.54, 1.807) is 48.7 Å². The van der Waals surface area contributed by atoms with E-state index in [4.69, 9.17) is 27.9 Å². The second kappa shape index (κ2) is 10.2. The van der Waals surface area contributed by atoms with E-state index in [9.17, 15) is 14.4 Å². The molecule has 3 aromatic rings. The quantitative estimate of drug-likeness (QED) is 0.363. The monoisotopic (exact) mass is 497 g/mol. The first-order chi connectivity index (χ1) is 16.4. The zero-order valence-electron chi connectivity index (χ0n) is 18.3. The number of aryl methyl sites for hydroxylation is 1. The summed E-state index contributed by atoms with van der Waals surface area (Å²) in [5.74, 6) is -0.925. The molecule has 2 heterocycles. The Morgan fingerprint density at radius 2 is 1.79 bits per heavy atom. The highest BCUT2D eigenvalue weighted by atomic mass is 35.5. The summed E-state index contributed by atoms with van der Waals surface area (Å²) < 4.78 is 7.56. The van der Waals surface area contributed by atoms with Crippen molar-refractivity contribution in [3.8, 4) is 5.75 Å². The molecule has 1 fully saturated rings. The van der Waals surface area contributed by atoms with E-state index in [1.165, 1.54) is 6.08 Å². The van der Waals surface area contributed by atoms with Crippen molar-refractivity contribution in [3.63, 3.8) is 0 Å². The van der Waals surface area contributed by atoms with Gasteiger partial charge in [0.15, 0.2) is 0 Å². The number of aromatic nitrogens is 1. The van der Waals surface area contributed by atoms with E-state index < -0.39 is 17.8 Å². The van der Waals surface area contributed by atoms with Gasteiger partial charge in [0.1, 0.15) is 17.9 Å². The van der Waals surface area contributed by atoms with E-state index in [1.807, 2.05) is 23.6 Å². The fourth-order valence-corrected chi connectivity index (χ4v) is 3.99. The van der Waals surface area contributed by atoms with Crippen LogP contribution < -0.4 is 15.0 Å². The molecule has 2 aromatic carbocycles. The Labute approximate surface area is 206 Å². The number of amides is 4. The molecule has 174 valence electrons. The van der Waals surface area contributed by atoms with Crippen LogP contribution in [-0.2, 0) is 22.6 Å². The van der Waals surface area contributed by atoms with Crippen LogP contribution in [-0.4, -0.2) is 29.0 Å². The molecule has 0 radical (unpaired) electrons. The third-order valence-electron chi connectivity index (χ3n) is 5.35. The Kier molecular flexibility index (Phi) is 7.05. The lowest BCUT2D eigenvalue weighted by atomic mass is 10.1. The Bertz CT molecular complexity index is 1280. The molecule has 4 rings (SSSR count). The molecule has 0 aliphatic carbocycles. The number of nitrogens with one attached hydrogen (secondary N) is 1. The Hall–Kier alpha value is -3.55. The summed E-state index contributed by atoms with van der Waals surface area (Å²) in [5, 5.41) is 3.16. The van der Waals surface area contributed by atoms with Crippen LogP contribution in [0.4, 0.5) is 10.5 Å². The smallest absolute Gasteiger partial charge is 0.335 e. The summed E-state index contributed by atoms with van der Waals surface area (Å²) in [5.41, 5.74) is 1.93. The maximum Gasteiger partial charge on any atom is 0.335 e. The lowest BCUT2D eigenvalue weighted by Gasteiger charge is -2.26. The summed E-state index contributed by atoms with van der Waals surface area (Å²) in [6, 6.07) is 14.8. The highest BCUT2D eigenvalue weighted by Gasteiger charge is 2.36. The van der Waals surface area contributed by atoms with Crippen molar-refractivity contribution >= 4 is 52.8 Å². The number of imide groups is 2. The Morgan fingerprint density at radius 1 is 1.03 bits per heavy atom. The van der Waals surface area contributed by atoms with Crippen LogP contribution in [0.15, 0.2) is 66.4 Å². The van der Waals surface area contributed by atoms with E-state index >= 15 is 0 Å². The number of carbonyl (C=O) groups is 3. The van der Waals surface area contributed by atoms with Crippen LogP contribution in [0.3, 0.4) is 0 Å². The predicted molar refractivity (Wildman–Crippen MR) is 131 cm³/mol. The Balaban J connectivity index is 1.52. The largest absolute Gasteiger partial charge is 0.490 e. The number of nitrogens with zero attached hydrogens (tertiary/aromatic N) is 2. The van der Waals surface area contributed by atoms with Gasteiger partial charge >= 0.3 is 6.03 Å². The normalized spacial score (nSPS) is 15.1. The molecule has 1 N–H and O–H groups in total. The second-order valence-electron chi connectivity index (χ2n) is 7.53. The average molecular weight is 498 g/mol. The number of halogens is 2. The van der Waals surface area contributed by atoms with Gasteiger partial charge in [-0.3, -0.25) is 14.9 Å². The molecule has 0 atom stereocenters. The van der Waals surface area contributed by atoms with Crippen molar-refractivity contribution < 1.29 is 19.1 Å². The molecular weight excluding hydrogens is 477 g/mol. The van der Waals surface area contributed by atoms with E-state index in [2.05, 4.69) is 5.32 Å². The van der Waals surface area contributed by atoms with E-state index in [-0.39, 0.29) is 5.57 Å². The van der Waals surface area contributed by atoms with Gasteiger partial charge in [-0.25, -0.2) is 9.69 Å². The number of urea groups is 1. The average Bonchev–Trinajstić information content (AvgIpc) is 3.25. The molecular formula is C25H21Cl2N3O4. The van der Waals surface area contributed by atoms with Gasteiger partial charge in [-0.15, -0.1) is 0 Å². The van der Waals surface area contributed by atoms with Crippen molar-refractivity contribution in [1.29, 1.82) is 0 Å². The number of anilines is 1. The number of carbonyl (C=O) groups excluding carboxylic acids is 3. The summed E-state index contributed by atoms with van der Waals surface area (Å²) >= 11 is 12.0. The van der Waals surface area contributed by atoms with Gasteiger partial charge in [-0.05, 0) is 60.5 Å². The third-order valence-corrected chi connectivity index (χ3v) is 5.88. The number of benzene rings is 2. The van der Waals surface area contributed by atoms with Gasteiger partial charge in [0.2, 0.25) is 0 Å². The first-order valence-corrected chi connectivity index (χ1v) is 11.4. The zero-order chi connectivity index (χ0) is 24.2. The van der Waals surface area contributed by atoms with Gasteiger partial charge in [0.25, 0.3) is 11.8 Å². The van der Waals surface area contributed by atoms with Crippen LogP contribution in [0.1, 0.15) is 18.2 Å². The predicted octanol–water partition coefficient (Wildman–Crippen LogP) is 5.10. The summed E-state index contributed by atoms with van der Waals surface area (Å²) in [6.07, 6.45) is 4.10. The first-order valence-electron chi connectivity index (χ1n) is 10.6. The minimum Gasteiger partial charge on any atom is -0.490 e. The maximum atomic E-state index is 13.1. The van der Waals surface area contributed by atoms with Crippen LogP contribution in [0.25, 0.3) is 6.08 Å². The molecule has 0 spiro atoms. The second-order valence-corrected chi connectivity index (χ2v) is 8.37. The van der Waals surface area contributed by atoms with Crippen LogP contribution in [0.2, 0.25) is 10.0 Å². The molecule has 7 nitrogen and oxygen atoms in total. The highest BCUT2D eigenvalue weighted by Crippen LogP contribution is 2.27. The molecule has 1 aromatic heterocycles. The van der Waals surface area contributed by atoms with Gasteiger partial charge in [0, 0.05) is 16.9 Å². The van der Waals surface area contributed by atoms with Crippen molar-refractivity contribution in [1.82, 2.24) is 9.88 Å². The lowest BCUT2D eigenvalue weighted by molar-refractivity contribution is -0.122. The minimum absolute atomic E-state index is 0.138. The molecule has 1 saturated heterocycles. The van der Waals surface area contributed by atoms with Crippen molar-refractivity contribution in [2.45, 2.75) is 19.9 Å². The molecule has 0 saturated carbocycles. The summed E-state index contributed by atoms with van der Waals surface area (Å²) in [4.78, 5) is 39.0. The van der Waals surface area contributed by atoms with Crippen molar-refractivity contribution in [2.75, 3.05) is 11.5 Å². The SMILES string of the molecule is CCc1ccc(N2C(=O)NC(=O)/C(=C/c3cccn3CCOc3ccc(Cl)cc3Cl)C2=O)cc1.